The van der Waals surface area contributed by atoms with Crippen molar-refractivity contribution >= 4 is 10.9 Å². The predicted octanol–water partition coefficient (Wildman–Crippen LogP) is 1.82. The summed E-state index contributed by atoms with van der Waals surface area (Å²) in [4.78, 5) is 17.3. The van der Waals surface area contributed by atoms with Crippen LogP contribution in [0.5, 0.6) is 0 Å². The first-order chi connectivity index (χ1) is 9.89. The summed E-state index contributed by atoms with van der Waals surface area (Å²) in [6.45, 7) is 3.82. The van der Waals surface area contributed by atoms with Gasteiger partial charge in [0.2, 0.25) is 0 Å². The zero-order chi connectivity index (χ0) is 15.4. The van der Waals surface area contributed by atoms with Crippen LogP contribution < -0.4 is 11.3 Å². The lowest BCUT2D eigenvalue weighted by molar-refractivity contribution is 0.682. The number of nitrogens with zero attached hydrogens (tertiary/aromatic N) is 3. The van der Waals surface area contributed by atoms with Gasteiger partial charge in [-0.2, -0.15) is 5.26 Å². The molecule has 5 nitrogen and oxygen atoms in total. The zero-order valence-corrected chi connectivity index (χ0v) is 12.5. The molecule has 1 fully saturated rings. The average molecular weight is 282 g/mol. The number of aryl methyl sites for hydroxylation is 1. The first kappa shape index (κ1) is 13.8. The van der Waals surface area contributed by atoms with Crippen LogP contribution in [0.4, 0.5) is 0 Å². The van der Waals surface area contributed by atoms with Gasteiger partial charge >= 0.3 is 0 Å². The molecule has 21 heavy (non-hydrogen) atoms. The predicted molar refractivity (Wildman–Crippen MR) is 80.8 cm³/mol. The lowest BCUT2D eigenvalue weighted by atomic mass is 10.0. The minimum Gasteiger partial charge on any atom is -0.324 e. The third-order valence-electron chi connectivity index (χ3n) is 4.24. The molecule has 3 rings (SSSR count). The molecule has 2 aromatic rings. The summed E-state index contributed by atoms with van der Waals surface area (Å²) in [5.74, 6) is 0.563. The number of nitriles is 1. The maximum Gasteiger partial charge on any atom is 0.261 e. The fourth-order valence-corrected chi connectivity index (χ4v) is 2.84. The molecule has 0 saturated heterocycles. The molecule has 1 aromatic heterocycles. The second-order valence-electron chi connectivity index (χ2n) is 6.03. The molecule has 1 heterocycles. The fourth-order valence-electron chi connectivity index (χ4n) is 2.84. The summed E-state index contributed by atoms with van der Waals surface area (Å²) in [6, 6.07) is 5.90. The number of rotatable bonds is 2. The molecule has 0 amide bonds. The quantitative estimate of drug-likeness (QED) is 0.910. The van der Waals surface area contributed by atoms with Gasteiger partial charge in [0, 0.05) is 13.1 Å². The molecule has 1 aliphatic carbocycles. The third kappa shape index (κ3) is 1.95. The molecule has 1 aliphatic rings. The van der Waals surface area contributed by atoms with Gasteiger partial charge in [0.05, 0.1) is 17.0 Å². The van der Waals surface area contributed by atoms with Crippen molar-refractivity contribution in [1.29, 1.82) is 5.26 Å². The van der Waals surface area contributed by atoms with E-state index in [-0.39, 0.29) is 11.6 Å². The summed E-state index contributed by atoms with van der Waals surface area (Å²) < 4.78 is 1.52. The Morgan fingerprint density at radius 3 is 2.67 bits per heavy atom. The number of aromatic nitrogens is 2. The fraction of sp³-hybridized carbons (Fsp3) is 0.438. The van der Waals surface area contributed by atoms with E-state index in [1.54, 1.807) is 7.05 Å². The zero-order valence-electron chi connectivity index (χ0n) is 12.5. The van der Waals surface area contributed by atoms with Crippen LogP contribution in [0.25, 0.3) is 10.9 Å². The summed E-state index contributed by atoms with van der Waals surface area (Å²) >= 11 is 0. The van der Waals surface area contributed by atoms with Crippen molar-refractivity contribution in [2.45, 2.75) is 38.1 Å². The smallest absolute Gasteiger partial charge is 0.261 e. The highest BCUT2D eigenvalue weighted by atomic mass is 16.1. The summed E-state index contributed by atoms with van der Waals surface area (Å²) in [7, 11) is 1.69. The Labute approximate surface area is 123 Å². The first-order valence-corrected chi connectivity index (χ1v) is 7.08. The van der Waals surface area contributed by atoms with Gasteiger partial charge < -0.3 is 5.73 Å². The topological polar surface area (TPSA) is 84.7 Å². The molecule has 5 heteroatoms. The highest BCUT2D eigenvalue weighted by Crippen LogP contribution is 2.46. The van der Waals surface area contributed by atoms with E-state index in [9.17, 15) is 10.1 Å². The van der Waals surface area contributed by atoms with Crippen molar-refractivity contribution < 1.29 is 0 Å². The van der Waals surface area contributed by atoms with Crippen LogP contribution in [0.3, 0.4) is 0 Å². The van der Waals surface area contributed by atoms with Crippen LogP contribution in [-0.4, -0.2) is 9.55 Å². The molecule has 0 bridgehead atoms. The average Bonchev–Trinajstić information content (AvgIpc) is 3.23. The number of fused-ring (bicyclic) bond motifs is 1. The van der Waals surface area contributed by atoms with E-state index in [2.05, 4.69) is 11.1 Å². The summed E-state index contributed by atoms with van der Waals surface area (Å²) in [5.41, 5.74) is 7.81. The Morgan fingerprint density at radius 2 is 2.14 bits per heavy atom. The van der Waals surface area contributed by atoms with Crippen LogP contribution in [0.1, 0.15) is 42.8 Å². The molecule has 1 aromatic carbocycles. The number of hydrogen-bond acceptors (Lipinski definition) is 4. The van der Waals surface area contributed by atoms with Crippen molar-refractivity contribution in [2.24, 2.45) is 12.8 Å². The Bertz CT molecular complexity index is 838. The second-order valence-corrected chi connectivity index (χ2v) is 6.03. The lowest BCUT2D eigenvalue weighted by Crippen LogP contribution is -2.27. The van der Waals surface area contributed by atoms with Gasteiger partial charge in [-0.15, -0.1) is 0 Å². The molecular weight excluding hydrogens is 264 g/mol. The van der Waals surface area contributed by atoms with E-state index < -0.39 is 5.41 Å². The molecule has 2 N–H and O–H groups in total. The van der Waals surface area contributed by atoms with Gasteiger partial charge in [0.25, 0.3) is 5.56 Å². The normalized spacial score (nSPS) is 17.5. The van der Waals surface area contributed by atoms with E-state index in [1.165, 1.54) is 4.57 Å². The third-order valence-corrected chi connectivity index (χ3v) is 4.24. The first-order valence-electron chi connectivity index (χ1n) is 7.08. The van der Waals surface area contributed by atoms with Crippen LogP contribution in [0.15, 0.2) is 16.9 Å². The van der Waals surface area contributed by atoms with E-state index >= 15 is 0 Å². The van der Waals surface area contributed by atoms with Crippen molar-refractivity contribution in [1.82, 2.24) is 9.55 Å². The van der Waals surface area contributed by atoms with Crippen LogP contribution in [0.2, 0.25) is 0 Å². The van der Waals surface area contributed by atoms with Gasteiger partial charge in [-0.3, -0.25) is 9.36 Å². The van der Waals surface area contributed by atoms with E-state index in [1.807, 2.05) is 26.0 Å². The lowest BCUT2D eigenvalue weighted by Gasteiger charge is -2.16. The number of hydrogen-bond donors (Lipinski definition) is 1. The Morgan fingerprint density at radius 1 is 1.48 bits per heavy atom. The molecule has 0 unspecified atom stereocenters. The highest BCUT2D eigenvalue weighted by molar-refractivity contribution is 5.82. The van der Waals surface area contributed by atoms with Gasteiger partial charge in [0.1, 0.15) is 11.2 Å². The van der Waals surface area contributed by atoms with Crippen LogP contribution in [0, 0.1) is 18.3 Å². The second kappa shape index (κ2) is 4.40. The minimum absolute atomic E-state index is 0.109. The molecular formula is C16H18N4O. The maximum atomic E-state index is 12.6. The van der Waals surface area contributed by atoms with E-state index in [4.69, 9.17) is 5.73 Å². The van der Waals surface area contributed by atoms with Gasteiger partial charge in [0.15, 0.2) is 0 Å². The largest absolute Gasteiger partial charge is 0.324 e. The number of benzene rings is 1. The van der Waals surface area contributed by atoms with Crippen LogP contribution in [-0.2, 0) is 12.5 Å². The summed E-state index contributed by atoms with van der Waals surface area (Å²) in [5, 5.41) is 9.96. The van der Waals surface area contributed by atoms with E-state index in [0.717, 1.165) is 24.0 Å². The van der Waals surface area contributed by atoms with Crippen molar-refractivity contribution in [3.05, 3.63) is 39.4 Å². The minimum atomic E-state index is -0.595. The Hall–Kier alpha value is -2.19. The molecule has 1 atom stereocenters. The standard InChI is InChI=1S/C16H18N4O/c1-9-6-11(10(2)18)13-12(7-9)14(21)20(3)15(19-13)16(8-17)4-5-16/h6-7,10H,4-5,18H2,1-3H3/t10-/m1/s1. The van der Waals surface area contributed by atoms with E-state index in [0.29, 0.717) is 16.7 Å². The molecule has 108 valence electrons. The summed E-state index contributed by atoms with van der Waals surface area (Å²) in [6.07, 6.45) is 1.52. The molecule has 1 saturated carbocycles. The monoisotopic (exact) mass is 282 g/mol. The Kier molecular flexibility index (Phi) is 2.89. The maximum absolute atomic E-state index is 12.6. The number of nitrogens with two attached hydrogens (primary N) is 1. The SMILES string of the molecule is Cc1cc([C@@H](C)N)c2nc(C3(C#N)CC3)n(C)c(=O)c2c1. The van der Waals surface area contributed by atoms with Crippen molar-refractivity contribution in [3.8, 4) is 6.07 Å². The van der Waals surface area contributed by atoms with Gasteiger partial charge in [-0.05, 0) is 43.9 Å². The highest BCUT2D eigenvalue weighted by Gasteiger charge is 2.48. The van der Waals surface area contributed by atoms with Crippen molar-refractivity contribution in [3.63, 3.8) is 0 Å². The van der Waals surface area contributed by atoms with Crippen molar-refractivity contribution in [2.75, 3.05) is 0 Å². The van der Waals surface area contributed by atoms with Crippen LogP contribution >= 0.6 is 0 Å². The molecule has 0 radical (unpaired) electrons. The molecule has 0 spiro atoms. The Balaban J connectivity index is 2.43. The van der Waals surface area contributed by atoms with Gasteiger partial charge in [-0.25, -0.2) is 4.98 Å². The van der Waals surface area contributed by atoms with Gasteiger partial charge in [-0.1, -0.05) is 6.07 Å². The molecule has 0 aliphatic heterocycles.